The molecular weight excluding hydrogens is 322 g/mol. The summed E-state index contributed by atoms with van der Waals surface area (Å²) in [6.07, 6.45) is 3.10. The summed E-state index contributed by atoms with van der Waals surface area (Å²) in [6.45, 7) is 3.45. The van der Waals surface area contributed by atoms with Gasteiger partial charge in [0, 0.05) is 42.4 Å². The summed E-state index contributed by atoms with van der Waals surface area (Å²) in [7, 11) is 0. The Kier molecular flexibility index (Phi) is 4.87. The standard InChI is InChI=1S/C17H21N5O3/c1-2-7-21-8-5-12-10-13(3-4-14(12)21)20-16(24)18-6-9-22-15(23)11-19-17(22)25/h3-5,8,10H,2,6-7,9,11H2,1H3,(H,19,25)(H2,18,20,24). The van der Waals surface area contributed by atoms with Crippen LogP contribution in [0.15, 0.2) is 30.5 Å². The van der Waals surface area contributed by atoms with Gasteiger partial charge in [-0.3, -0.25) is 9.69 Å². The van der Waals surface area contributed by atoms with Gasteiger partial charge in [-0.25, -0.2) is 9.59 Å². The SMILES string of the molecule is CCCn1ccc2cc(NC(=O)NCCN3C(=O)CNC3=O)ccc21. The van der Waals surface area contributed by atoms with E-state index < -0.39 is 6.03 Å². The first-order valence-electron chi connectivity index (χ1n) is 8.30. The Hall–Kier alpha value is -3.03. The normalized spacial score (nSPS) is 14.0. The minimum atomic E-state index is -0.422. The minimum absolute atomic E-state index is 0.0166. The third-order valence-electron chi connectivity index (χ3n) is 4.05. The number of nitrogens with one attached hydrogen (secondary N) is 3. The second-order valence-electron chi connectivity index (χ2n) is 5.87. The first-order chi connectivity index (χ1) is 12.1. The van der Waals surface area contributed by atoms with Crippen molar-refractivity contribution < 1.29 is 14.4 Å². The molecule has 0 saturated carbocycles. The van der Waals surface area contributed by atoms with Gasteiger partial charge in [0.05, 0.1) is 6.54 Å². The van der Waals surface area contributed by atoms with Gasteiger partial charge >= 0.3 is 12.1 Å². The predicted molar refractivity (Wildman–Crippen MR) is 94.4 cm³/mol. The van der Waals surface area contributed by atoms with Crippen molar-refractivity contribution in [2.24, 2.45) is 0 Å². The van der Waals surface area contributed by atoms with Crippen LogP contribution in [0.1, 0.15) is 13.3 Å². The number of benzene rings is 1. The van der Waals surface area contributed by atoms with Crippen molar-refractivity contribution in [1.82, 2.24) is 20.1 Å². The van der Waals surface area contributed by atoms with Gasteiger partial charge < -0.3 is 20.5 Å². The summed E-state index contributed by atoms with van der Waals surface area (Å²) < 4.78 is 2.18. The van der Waals surface area contributed by atoms with E-state index in [1.807, 2.05) is 30.5 Å². The molecule has 2 aromatic rings. The highest BCUT2D eigenvalue weighted by molar-refractivity contribution is 6.02. The number of carbonyl (C=O) groups is 3. The largest absolute Gasteiger partial charge is 0.347 e. The molecule has 1 saturated heterocycles. The molecule has 0 radical (unpaired) electrons. The van der Waals surface area contributed by atoms with E-state index in [2.05, 4.69) is 27.4 Å². The molecule has 3 N–H and O–H groups in total. The zero-order chi connectivity index (χ0) is 17.8. The molecule has 25 heavy (non-hydrogen) atoms. The molecule has 1 fully saturated rings. The van der Waals surface area contributed by atoms with E-state index >= 15 is 0 Å². The average molecular weight is 343 g/mol. The van der Waals surface area contributed by atoms with Crippen molar-refractivity contribution in [3.05, 3.63) is 30.5 Å². The van der Waals surface area contributed by atoms with Crippen LogP contribution in [0.4, 0.5) is 15.3 Å². The van der Waals surface area contributed by atoms with Crippen molar-refractivity contribution in [1.29, 1.82) is 0 Å². The Balaban J connectivity index is 1.53. The summed E-state index contributed by atoms with van der Waals surface area (Å²) in [6, 6.07) is 6.97. The third-order valence-corrected chi connectivity index (χ3v) is 4.05. The van der Waals surface area contributed by atoms with Crippen molar-refractivity contribution in [2.75, 3.05) is 25.0 Å². The number of carbonyl (C=O) groups excluding carboxylic acids is 3. The molecule has 0 bridgehead atoms. The van der Waals surface area contributed by atoms with Crippen LogP contribution in [0.25, 0.3) is 10.9 Å². The second kappa shape index (κ2) is 7.25. The highest BCUT2D eigenvalue weighted by atomic mass is 16.2. The van der Waals surface area contributed by atoms with Crippen LogP contribution in [0.2, 0.25) is 0 Å². The van der Waals surface area contributed by atoms with Gasteiger partial charge in [-0.05, 0) is 30.7 Å². The molecule has 1 aliphatic rings. The van der Waals surface area contributed by atoms with Gasteiger partial charge in [0.25, 0.3) is 0 Å². The van der Waals surface area contributed by atoms with Crippen molar-refractivity contribution in [3.8, 4) is 0 Å². The number of nitrogens with zero attached hydrogens (tertiary/aromatic N) is 2. The molecule has 5 amide bonds. The maximum Gasteiger partial charge on any atom is 0.324 e. The molecule has 1 aliphatic heterocycles. The number of imide groups is 1. The number of rotatable bonds is 6. The molecule has 132 valence electrons. The lowest BCUT2D eigenvalue weighted by molar-refractivity contribution is -0.124. The summed E-state index contributed by atoms with van der Waals surface area (Å²) in [4.78, 5) is 35.9. The number of aromatic nitrogens is 1. The molecule has 8 heteroatoms. The predicted octanol–water partition coefficient (Wildman–Crippen LogP) is 1.72. The van der Waals surface area contributed by atoms with Gasteiger partial charge in [-0.2, -0.15) is 0 Å². The maximum atomic E-state index is 12.0. The molecule has 0 aliphatic carbocycles. The smallest absolute Gasteiger partial charge is 0.324 e. The number of anilines is 1. The Bertz CT molecular complexity index is 798. The number of hydrogen-bond donors (Lipinski definition) is 3. The van der Waals surface area contributed by atoms with Gasteiger partial charge in [0.1, 0.15) is 0 Å². The van der Waals surface area contributed by atoms with Crippen molar-refractivity contribution in [2.45, 2.75) is 19.9 Å². The summed E-state index contributed by atoms with van der Waals surface area (Å²) in [5.41, 5.74) is 1.82. The molecule has 0 unspecified atom stereocenters. The summed E-state index contributed by atoms with van der Waals surface area (Å²) in [5, 5.41) is 8.90. The monoisotopic (exact) mass is 343 g/mol. The quantitative estimate of drug-likeness (QED) is 0.697. The van der Waals surface area contributed by atoms with E-state index in [0.29, 0.717) is 5.69 Å². The van der Waals surface area contributed by atoms with Crippen LogP contribution in [0, 0.1) is 0 Å². The van der Waals surface area contributed by atoms with Crippen LogP contribution in [0.5, 0.6) is 0 Å². The van der Waals surface area contributed by atoms with E-state index in [0.717, 1.165) is 28.8 Å². The first-order valence-corrected chi connectivity index (χ1v) is 8.30. The number of aryl methyl sites for hydroxylation is 1. The summed E-state index contributed by atoms with van der Waals surface area (Å²) >= 11 is 0. The zero-order valence-electron chi connectivity index (χ0n) is 14.0. The zero-order valence-corrected chi connectivity index (χ0v) is 14.0. The van der Waals surface area contributed by atoms with E-state index in [1.54, 1.807) is 0 Å². The molecule has 2 heterocycles. The van der Waals surface area contributed by atoms with Crippen LogP contribution in [-0.2, 0) is 11.3 Å². The topological polar surface area (TPSA) is 95.5 Å². The molecular formula is C17H21N5O3. The first kappa shape index (κ1) is 16.8. The van der Waals surface area contributed by atoms with Crippen molar-refractivity contribution >= 4 is 34.6 Å². The second-order valence-corrected chi connectivity index (χ2v) is 5.87. The molecule has 1 aromatic carbocycles. The number of amides is 5. The summed E-state index contributed by atoms with van der Waals surface area (Å²) in [5.74, 6) is -0.283. The lowest BCUT2D eigenvalue weighted by atomic mass is 10.2. The van der Waals surface area contributed by atoms with Crippen LogP contribution >= 0.6 is 0 Å². The minimum Gasteiger partial charge on any atom is -0.347 e. The van der Waals surface area contributed by atoms with E-state index in [-0.39, 0.29) is 31.6 Å². The molecule has 0 atom stereocenters. The molecule has 0 spiro atoms. The molecule has 3 rings (SSSR count). The average Bonchev–Trinajstić information content (AvgIpc) is 3.13. The lowest BCUT2D eigenvalue weighted by Crippen LogP contribution is -2.39. The Morgan fingerprint density at radius 3 is 2.80 bits per heavy atom. The fraction of sp³-hybridized carbons (Fsp3) is 0.353. The third kappa shape index (κ3) is 3.73. The van der Waals surface area contributed by atoms with Gasteiger partial charge in [-0.15, -0.1) is 0 Å². The highest BCUT2D eigenvalue weighted by Gasteiger charge is 2.27. The van der Waals surface area contributed by atoms with Gasteiger partial charge in [-0.1, -0.05) is 6.92 Å². The Labute approximate surface area is 145 Å². The van der Waals surface area contributed by atoms with Gasteiger partial charge in [0.15, 0.2) is 0 Å². The fourth-order valence-electron chi connectivity index (χ4n) is 2.85. The Morgan fingerprint density at radius 2 is 2.08 bits per heavy atom. The number of urea groups is 2. The van der Waals surface area contributed by atoms with Crippen molar-refractivity contribution in [3.63, 3.8) is 0 Å². The van der Waals surface area contributed by atoms with Crippen LogP contribution < -0.4 is 16.0 Å². The molecule has 8 nitrogen and oxygen atoms in total. The van der Waals surface area contributed by atoms with Crippen LogP contribution in [-0.4, -0.2) is 47.1 Å². The number of hydrogen-bond acceptors (Lipinski definition) is 3. The maximum absolute atomic E-state index is 12.0. The fourth-order valence-corrected chi connectivity index (χ4v) is 2.85. The highest BCUT2D eigenvalue weighted by Crippen LogP contribution is 2.20. The van der Waals surface area contributed by atoms with Gasteiger partial charge in [0.2, 0.25) is 5.91 Å². The van der Waals surface area contributed by atoms with E-state index in [4.69, 9.17) is 0 Å². The van der Waals surface area contributed by atoms with E-state index in [9.17, 15) is 14.4 Å². The number of fused-ring (bicyclic) bond motifs is 1. The molecule has 1 aromatic heterocycles. The van der Waals surface area contributed by atoms with E-state index in [1.165, 1.54) is 0 Å². The Morgan fingerprint density at radius 1 is 1.24 bits per heavy atom. The lowest BCUT2D eigenvalue weighted by Gasteiger charge is -2.13. The van der Waals surface area contributed by atoms with Crippen LogP contribution in [0.3, 0.4) is 0 Å².